The van der Waals surface area contributed by atoms with Crippen LogP contribution in [0.4, 0.5) is 0 Å². The number of nitrogens with zero attached hydrogens (tertiary/aromatic N) is 2. The van der Waals surface area contributed by atoms with Gasteiger partial charge in [-0.1, -0.05) is 45.0 Å². The molecule has 0 spiro atoms. The number of benzene rings is 1. The molecule has 1 fully saturated rings. The average molecular weight is 567 g/mol. The molecule has 1 atom stereocenters. The first kappa shape index (κ1) is 28.1. The molecule has 9 heteroatoms. The van der Waals surface area contributed by atoms with E-state index in [4.69, 9.17) is 0 Å². The van der Waals surface area contributed by atoms with Crippen molar-refractivity contribution in [2.24, 2.45) is 10.9 Å². The van der Waals surface area contributed by atoms with Crippen LogP contribution in [0.2, 0.25) is 0 Å². The Bertz CT molecular complexity index is 799. The standard InChI is InChI=1S/C22H38N4O3S.HI/c1-6-23-21(24-15-17-11-13-26(14-12-17)30(5,28)29)25-16-20(27)18-7-9-19(10-8-18)22(2,3)4;/h7-10,17,20,27H,6,11-16H2,1-5H3,(H2,23,24,25);1H. The van der Waals surface area contributed by atoms with E-state index < -0.39 is 16.1 Å². The van der Waals surface area contributed by atoms with E-state index in [2.05, 4.69) is 48.5 Å². The molecule has 1 unspecified atom stereocenters. The molecule has 178 valence electrons. The number of rotatable bonds is 7. The van der Waals surface area contributed by atoms with Crippen molar-refractivity contribution in [1.29, 1.82) is 0 Å². The van der Waals surface area contributed by atoms with Crippen LogP contribution in [-0.2, 0) is 15.4 Å². The van der Waals surface area contributed by atoms with E-state index >= 15 is 0 Å². The van der Waals surface area contributed by atoms with Crippen molar-refractivity contribution < 1.29 is 13.5 Å². The fraction of sp³-hybridized carbons (Fsp3) is 0.682. The van der Waals surface area contributed by atoms with E-state index in [1.807, 2.05) is 19.1 Å². The first-order valence-corrected chi connectivity index (χ1v) is 12.6. The minimum Gasteiger partial charge on any atom is -0.386 e. The number of aliphatic hydroxyl groups is 1. The van der Waals surface area contributed by atoms with Gasteiger partial charge in [0.25, 0.3) is 0 Å². The van der Waals surface area contributed by atoms with Gasteiger partial charge in [-0.2, -0.15) is 0 Å². The largest absolute Gasteiger partial charge is 0.386 e. The quantitative estimate of drug-likeness (QED) is 0.268. The molecule has 0 aromatic heterocycles. The van der Waals surface area contributed by atoms with Gasteiger partial charge in [0, 0.05) is 26.2 Å². The van der Waals surface area contributed by atoms with Crippen LogP contribution in [0, 0.1) is 5.92 Å². The first-order valence-electron chi connectivity index (χ1n) is 10.8. The summed E-state index contributed by atoms with van der Waals surface area (Å²) in [6.07, 6.45) is 2.28. The molecule has 0 aliphatic carbocycles. The minimum absolute atomic E-state index is 0. The lowest BCUT2D eigenvalue weighted by molar-refractivity contribution is 0.187. The number of halogens is 1. The third-order valence-corrected chi connectivity index (χ3v) is 6.83. The molecule has 1 aliphatic heterocycles. The molecule has 0 amide bonds. The third-order valence-electron chi connectivity index (χ3n) is 5.53. The lowest BCUT2D eigenvalue weighted by Crippen LogP contribution is -2.44. The molecule has 31 heavy (non-hydrogen) atoms. The average Bonchev–Trinajstić information content (AvgIpc) is 2.69. The summed E-state index contributed by atoms with van der Waals surface area (Å²) in [6, 6.07) is 8.07. The van der Waals surface area contributed by atoms with Crippen molar-refractivity contribution in [2.45, 2.75) is 52.1 Å². The van der Waals surface area contributed by atoms with Crippen LogP contribution < -0.4 is 10.6 Å². The molecule has 7 nitrogen and oxygen atoms in total. The SMILES string of the molecule is CCNC(=NCC(O)c1ccc(C(C)(C)C)cc1)NCC1CCN(S(C)(=O)=O)CC1.I. The molecule has 1 heterocycles. The van der Waals surface area contributed by atoms with Gasteiger partial charge >= 0.3 is 0 Å². The number of hydrogen-bond acceptors (Lipinski definition) is 4. The Balaban J connectivity index is 0.00000480. The van der Waals surface area contributed by atoms with Gasteiger partial charge in [0.2, 0.25) is 10.0 Å². The second-order valence-electron chi connectivity index (χ2n) is 9.09. The number of sulfonamides is 1. The van der Waals surface area contributed by atoms with E-state index in [0.717, 1.165) is 31.5 Å². The highest BCUT2D eigenvalue weighted by atomic mass is 127. The van der Waals surface area contributed by atoms with E-state index in [1.54, 1.807) is 4.31 Å². The molecule has 0 radical (unpaired) electrons. The van der Waals surface area contributed by atoms with Crippen molar-refractivity contribution >= 4 is 40.0 Å². The van der Waals surface area contributed by atoms with Crippen molar-refractivity contribution in [3.63, 3.8) is 0 Å². The minimum atomic E-state index is -3.10. The van der Waals surface area contributed by atoms with Crippen molar-refractivity contribution in [3.05, 3.63) is 35.4 Å². The summed E-state index contributed by atoms with van der Waals surface area (Å²) >= 11 is 0. The fourth-order valence-corrected chi connectivity index (χ4v) is 4.39. The molecule has 2 rings (SSSR count). The molecule has 1 saturated heterocycles. The molecule has 0 saturated carbocycles. The van der Waals surface area contributed by atoms with Crippen molar-refractivity contribution in [2.75, 3.05) is 39.0 Å². The number of piperidine rings is 1. The smallest absolute Gasteiger partial charge is 0.211 e. The second kappa shape index (κ2) is 12.4. The van der Waals surface area contributed by atoms with E-state index in [1.165, 1.54) is 11.8 Å². The summed E-state index contributed by atoms with van der Waals surface area (Å²) in [6.45, 7) is 11.4. The Morgan fingerprint density at radius 1 is 1.19 bits per heavy atom. The van der Waals surface area contributed by atoms with Gasteiger partial charge < -0.3 is 15.7 Å². The zero-order valence-electron chi connectivity index (χ0n) is 19.4. The Labute approximate surface area is 205 Å². The van der Waals surface area contributed by atoms with Crippen LogP contribution >= 0.6 is 24.0 Å². The number of aliphatic hydroxyl groups excluding tert-OH is 1. The van der Waals surface area contributed by atoms with Gasteiger partial charge in [0.15, 0.2) is 5.96 Å². The summed E-state index contributed by atoms with van der Waals surface area (Å²) in [7, 11) is -3.10. The monoisotopic (exact) mass is 566 g/mol. The van der Waals surface area contributed by atoms with Gasteiger partial charge in [-0.15, -0.1) is 24.0 Å². The number of aliphatic imine (C=N–C) groups is 1. The molecule has 3 N–H and O–H groups in total. The van der Waals surface area contributed by atoms with Gasteiger partial charge in [-0.05, 0) is 42.2 Å². The first-order chi connectivity index (χ1) is 14.0. The molecular formula is C22H39IN4O3S. The summed E-state index contributed by atoms with van der Waals surface area (Å²) in [5.41, 5.74) is 2.18. The van der Waals surface area contributed by atoms with E-state index in [0.29, 0.717) is 25.0 Å². The summed E-state index contributed by atoms with van der Waals surface area (Å²) in [5, 5.41) is 17.1. The topological polar surface area (TPSA) is 94.0 Å². The Kier molecular flexibility index (Phi) is 11.2. The number of hydrogen-bond donors (Lipinski definition) is 3. The number of guanidine groups is 1. The highest BCUT2D eigenvalue weighted by Crippen LogP contribution is 2.24. The van der Waals surface area contributed by atoms with Gasteiger partial charge in [-0.3, -0.25) is 4.99 Å². The maximum Gasteiger partial charge on any atom is 0.211 e. The zero-order valence-corrected chi connectivity index (χ0v) is 22.5. The Morgan fingerprint density at radius 3 is 2.26 bits per heavy atom. The highest BCUT2D eigenvalue weighted by Gasteiger charge is 2.24. The molecular weight excluding hydrogens is 527 g/mol. The second-order valence-corrected chi connectivity index (χ2v) is 11.1. The lowest BCUT2D eigenvalue weighted by Gasteiger charge is -2.30. The molecule has 1 aromatic carbocycles. The Morgan fingerprint density at radius 2 is 1.77 bits per heavy atom. The normalized spacial score (nSPS) is 17.7. The summed E-state index contributed by atoms with van der Waals surface area (Å²) in [5.74, 6) is 1.08. The maximum absolute atomic E-state index is 11.6. The zero-order chi connectivity index (χ0) is 22.4. The number of nitrogens with one attached hydrogen (secondary N) is 2. The van der Waals surface area contributed by atoms with Crippen LogP contribution in [0.15, 0.2) is 29.3 Å². The fourth-order valence-electron chi connectivity index (χ4n) is 3.52. The summed E-state index contributed by atoms with van der Waals surface area (Å²) in [4.78, 5) is 4.54. The van der Waals surface area contributed by atoms with Gasteiger partial charge in [0.1, 0.15) is 0 Å². The third kappa shape index (κ3) is 9.23. The van der Waals surface area contributed by atoms with E-state index in [-0.39, 0.29) is 35.9 Å². The molecule has 1 aliphatic rings. The van der Waals surface area contributed by atoms with Gasteiger partial charge in [0.05, 0.1) is 18.9 Å². The predicted octanol–water partition coefficient (Wildman–Crippen LogP) is 2.86. The van der Waals surface area contributed by atoms with Crippen molar-refractivity contribution in [3.8, 4) is 0 Å². The van der Waals surface area contributed by atoms with Crippen molar-refractivity contribution in [1.82, 2.24) is 14.9 Å². The lowest BCUT2D eigenvalue weighted by atomic mass is 9.86. The molecule has 1 aromatic rings. The van der Waals surface area contributed by atoms with E-state index in [9.17, 15) is 13.5 Å². The van der Waals surface area contributed by atoms with Crippen LogP contribution in [0.3, 0.4) is 0 Å². The van der Waals surface area contributed by atoms with Crippen LogP contribution in [0.1, 0.15) is 57.8 Å². The van der Waals surface area contributed by atoms with Crippen LogP contribution in [-0.4, -0.2) is 62.8 Å². The predicted molar refractivity (Wildman–Crippen MR) is 139 cm³/mol. The van der Waals surface area contributed by atoms with Crippen LogP contribution in [0.5, 0.6) is 0 Å². The molecule has 0 bridgehead atoms. The van der Waals surface area contributed by atoms with Gasteiger partial charge in [-0.25, -0.2) is 12.7 Å². The highest BCUT2D eigenvalue weighted by molar-refractivity contribution is 14.0. The maximum atomic E-state index is 11.6. The van der Waals surface area contributed by atoms with Crippen LogP contribution in [0.25, 0.3) is 0 Å². The Hall–Kier alpha value is -0.910. The summed E-state index contributed by atoms with van der Waals surface area (Å²) < 4.78 is 24.8.